The van der Waals surface area contributed by atoms with Crippen molar-refractivity contribution < 1.29 is 17.9 Å². The van der Waals surface area contributed by atoms with E-state index in [0.29, 0.717) is 11.3 Å². The van der Waals surface area contributed by atoms with Gasteiger partial charge in [-0.25, -0.2) is 0 Å². The number of halogens is 3. The number of fused-ring (bicyclic) bond motifs is 1. The molecule has 0 saturated carbocycles. The van der Waals surface area contributed by atoms with Gasteiger partial charge in [0.25, 0.3) is 0 Å². The van der Waals surface area contributed by atoms with Crippen molar-refractivity contribution in [3.05, 3.63) is 42.0 Å². The molecule has 0 N–H and O–H groups in total. The Bertz CT molecular complexity index is 673. The van der Waals surface area contributed by atoms with Crippen LogP contribution in [0.4, 0.5) is 13.2 Å². The van der Waals surface area contributed by atoms with Gasteiger partial charge in [-0.1, -0.05) is 18.2 Å². The quantitative estimate of drug-likeness (QED) is 0.811. The lowest BCUT2D eigenvalue weighted by Gasteiger charge is -2.12. The minimum atomic E-state index is -4.24. The van der Waals surface area contributed by atoms with Crippen LogP contribution in [0, 0.1) is 11.3 Å². The van der Waals surface area contributed by atoms with E-state index < -0.39 is 18.5 Å². The van der Waals surface area contributed by atoms with E-state index in [1.54, 1.807) is 31.4 Å². The zero-order valence-corrected chi connectivity index (χ0v) is 11.4. The van der Waals surface area contributed by atoms with E-state index >= 15 is 0 Å². The van der Waals surface area contributed by atoms with Crippen molar-refractivity contribution in [2.24, 2.45) is 0 Å². The summed E-state index contributed by atoms with van der Waals surface area (Å²) in [7, 11) is 1.57. The fourth-order valence-corrected chi connectivity index (χ4v) is 2.20. The highest BCUT2D eigenvalue weighted by Crippen LogP contribution is 2.30. The summed E-state index contributed by atoms with van der Waals surface area (Å²) in [6.07, 6.45) is -5.41. The molecule has 0 radical (unpaired) electrons. The monoisotopic (exact) mass is 293 g/mol. The predicted molar refractivity (Wildman–Crippen MR) is 74.1 cm³/mol. The highest BCUT2D eigenvalue weighted by Gasteiger charge is 2.28. The molecule has 0 aromatic heterocycles. The Kier molecular flexibility index (Phi) is 4.37. The molecule has 0 heterocycles. The molecule has 2 rings (SSSR count). The lowest BCUT2D eigenvalue weighted by Crippen LogP contribution is -2.09. The third kappa shape index (κ3) is 3.88. The van der Waals surface area contributed by atoms with Gasteiger partial charge >= 0.3 is 6.18 Å². The fraction of sp³-hybridized carbons (Fsp3) is 0.312. The average molecular weight is 293 g/mol. The van der Waals surface area contributed by atoms with Gasteiger partial charge < -0.3 is 4.74 Å². The smallest absolute Gasteiger partial charge is 0.389 e. The second-order valence-electron chi connectivity index (χ2n) is 4.81. The van der Waals surface area contributed by atoms with Gasteiger partial charge in [0.15, 0.2) is 0 Å². The number of methoxy groups -OCH3 is 1. The number of hydrogen-bond donors (Lipinski definition) is 0. The summed E-state index contributed by atoms with van der Waals surface area (Å²) in [6.45, 7) is 0. The highest BCUT2D eigenvalue weighted by atomic mass is 19.4. The van der Waals surface area contributed by atoms with Crippen LogP contribution in [0.1, 0.15) is 24.3 Å². The molecule has 0 aliphatic rings. The van der Waals surface area contributed by atoms with Gasteiger partial charge in [0, 0.05) is 6.42 Å². The lowest BCUT2D eigenvalue weighted by molar-refractivity contribution is -0.135. The molecule has 0 bridgehead atoms. The van der Waals surface area contributed by atoms with Crippen molar-refractivity contribution in [1.82, 2.24) is 0 Å². The van der Waals surface area contributed by atoms with Crippen LogP contribution < -0.4 is 4.74 Å². The van der Waals surface area contributed by atoms with Crippen LogP contribution in [0.15, 0.2) is 36.4 Å². The van der Waals surface area contributed by atoms with E-state index in [0.717, 1.165) is 10.8 Å². The summed E-state index contributed by atoms with van der Waals surface area (Å²) < 4.78 is 42.0. The molecule has 2 nitrogen and oxygen atoms in total. The van der Waals surface area contributed by atoms with Gasteiger partial charge in [-0.3, -0.25) is 0 Å². The van der Waals surface area contributed by atoms with Gasteiger partial charge in [-0.05, 0) is 41.0 Å². The molecule has 0 amide bonds. The molecule has 2 aromatic rings. The largest absolute Gasteiger partial charge is 0.497 e. The van der Waals surface area contributed by atoms with E-state index in [-0.39, 0.29) is 6.42 Å². The molecule has 0 aliphatic carbocycles. The van der Waals surface area contributed by atoms with Crippen LogP contribution in [0.5, 0.6) is 5.75 Å². The van der Waals surface area contributed by atoms with E-state index in [4.69, 9.17) is 10.00 Å². The number of nitrogens with zero attached hydrogens (tertiary/aromatic N) is 1. The summed E-state index contributed by atoms with van der Waals surface area (Å²) in [5.41, 5.74) is 0.611. The molecule has 0 spiro atoms. The topological polar surface area (TPSA) is 33.0 Å². The second-order valence-corrected chi connectivity index (χ2v) is 4.81. The summed E-state index contributed by atoms with van der Waals surface area (Å²) in [5.74, 6) is -0.0396. The van der Waals surface area contributed by atoms with E-state index in [2.05, 4.69) is 0 Å². The molecule has 1 atom stereocenters. The molecule has 110 valence electrons. The number of nitriles is 1. The van der Waals surface area contributed by atoms with Crippen LogP contribution in [-0.4, -0.2) is 13.3 Å². The van der Waals surface area contributed by atoms with Crippen LogP contribution in [0.25, 0.3) is 10.8 Å². The van der Waals surface area contributed by atoms with Crippen LogP contribution in [-0.2, 0) is 0 Å². The first kappa shape index (κ1) is 15.2. The Morgan fingerprint density at radius 1 is 1.14 bits per heavy atom. The summed E-state index contributed by atoms with van der Waals surface area (Å²) in [6, 6.07) is 12.7. The normalized spacial score (nSPS) is 12.9. The number of benzene rings is 2. The van der Waals surface area contributed by atoms with E-state index in [9.17, 15) is 13.2 Å². The Labute approximate surface area is 120 Å². The number of hydrogen-bond acceptors (Lipinski definition) is 2. The average Bonchev–Trinajstić information content (AvgIpc) is 2.46. The first-order valence-electron chi connectivity index (χ1n) is 6.47. The van der Waals surface area contributed by atoms with E-state index in [1.807, 2.05) is 18.2 Å². The van der Waals surface area contributed by atoms with Gasteiger partial charge in [-0.15, -0.1) is 0 Å². The molecular formula is C16H14F3NO. The number of ether oxygens (including phenoxy) is 1. The number of alkyl halides is 3. The fourth-order valence-electron chi connectivity index (χ4n) is 2.20. The molecule has 0 saturated heterocycles. The van der Waals surface area contributed by atoms with Crippen molar-refractivity contribution in [1.29, 1.82) is 5.26 Å². The maximum Gasteiger partial charge on any atom is 0.389 e. The van der Waals surface area contributed by atoms with Crippen LogP contribution in [0.2, 0.25) is 0 Å². The molecule has 0 fully saturated rings. The third-order valence-corrected chi connectivity index (χ3v) is 3.35. The molecule has 0 aliphatic heterocycles. The maximum absolute atomic E-state index is 12.3. The van der Waals surface area contributed by atoms with Gasteiger partial charge in [0.1, 0.15) is 5.75 Å². The zero-order chi connectivity index (χ0) is 15.5. The van der Waals surface area contributed by atoms with Crippen molar-refractivity contribution in [2.75, 3.05) is 7.11 Å². The Morgan fingerprint density at radius 2 is 1.81 bits per heavy atom. The highest BCUT2D eigenvalue weighted by molar-refractivity contribution is 5.84. The van der Waals surface area contributed by atoms with Crippen LogP contribution in [0.3, 0.4) is 0 Å². The first-order chi connectivity index (χ1) is 9.93. The lowest BCUT2D eigenvalue weighted by atomic mass is 9.93. The summed E-state index contributed by atoms with van der Waals surface area (Å²) in [5, 5.41) is 10.9. The second kappa shape index (κ2) is 6.04. The maximum atomic E-state index is 12.3. The molecule has 2 aromatic carbocycles. The summed E-state index contributed by atoms with van der Waals surface area (Å²) in [4.78, 5) is 0. The van der Waals surface area contributed by atoms with Crippen molar-refractivity contribution in [3.8, 4) is 11.8 Å². The standard InChI is InChI=1S/C16H14F3NO/c1-21-15-5-4-11-8-12(2-3-13(11)9-15)14(10-20)6-7-16(17,18)19/h2-5,8-9,14H,6-7H2,1H3/t14-/m1/s1. The molecule has 5 heteroatoms. The van der Waals surface area contributed by atoms with E-state index in [1.165, 1.54) is 0 Å². The third-order valence-electron chi connectivity index (χ3n) is 3.35. The first-order valence-corrected chi connectivity index (χ1v) is 6.47. The van der Waals surface area contributed by atoms with Gasteiger partial charge in [-0.2, -0.15) is 18.4 Å². The minimum absolute atomic E-state index is 0.221. The van der Waals surface area contributed by atoms with Gasteiger partial charge in [0.2, 0.25) is 0 Å². The molecule has 0 unspecified atom stereocenters. The molecule has 21 heavy (non-hydrogen) atoms. The Morgan fingerprint density at radius 3 is 2.43 bits per heavy atom. The van der Waals surface area contributed by atoms with Crippen molar-refractivity contribution in [3.63, 3.8) is 0 Å². The van der Waals surface area contributed by atoms with Crippen molar-refractivity contribution in [2.45, 2.75) is 24.9 Å². The van der Waals surface area contributed by atoms with Gasteiger partial charge in [0.05, 0.1) is 19.1 Å². The minimum Gasteiger partial charge on any atom is -0.497 e. The molecular weight excluding hydrogens is 279 g/mol. The van der Waals surface area contributed by atoms with Crippen molar-refractivity contribution >= 4 is 10.8 Å². The SMILES string of the molecule is COc1ccc2cc([C@@H](C#N)CCC(F)(F)F)ccc2c1. The zero-order valence-electron chi connectivity index (χ0n) is 11.4. The number of rotatable bonds is 4. The van der Waals surface area contributed by atoms with Crippen LogP contribution >= 0.6 is 0 Å². The Balaban J connectivity index is 2.26. The Hall–Kier alpha value is -2.22. The summed E-state index contributed by atoms with van der Waals surface area (Å²) >= 11 is 0. The predicted octanol–water partition coefficient (Wildman–Crippen LogP) is 4.80.